The van der Waals surface area contributed by atoms with Crippen molar-refractivity contribution >= 4 is 16.3 Å². The van der Waals surface area contributed by atoms with Crippen LogP contribution in [0.25, 0.3) is 0 Å². The number of nitrogens with one attached hydrogen (secondary N) is 1. The number of carbonyl (C=O) groups is 1. The molecule has 1 unspecified atom stereocenters. The molecule has 0 aliphatic rings. The molecule has 0 heterocycles. The number of amides is 1. The molecule has 0 aliphatic heterocycles. The first-order chi connectivity index (χ1) is 12.7. The molecule has 1 aromatic rings. The van der Waals surface area contributed by atoms with Crippen molar-refractivity contribution in [3.05, 3.63) is 35.9 Å². The average molecular weight is 393 g/mol. The lowest BCUT2D eigenvalue weighted by molar-refractivity contribution is 0.0646. The molecule has 0 bridgehead atoms. The highest BCUT2D eigenvalue weighted by Gasteiger charge is 2.25. The van der Waals surface area contributed by atoms with Crippen LogP contribution in [0.15, 0.2) is 30.3 Å². The summed E-state index contributed by atoms with van der Waals surface area (Å²) in [6.45, 7) is 8.88. The van der Waals surface area contributed by atoms with Crippen LogP contribution in [0.3, 0.4) is 0 Å². The summed E-state index contributed by atoms with van der Waals surface area (Å²) in [6.07, 6.45) is 1.90. The van der Waals surface area contributed by atoms with Gasteiger partial charge in [0, 0.05) is 6.61 Å². The molecule has 0 saturated carbocycles. The Morgan fingerprint density at radius 1 is 1.22 bits per heavy atom. The Morgan fingerprint density at radius 3 is 2.48 bits per heavy atom. The van der Waals surface area contributed by atoms with Gasteiger partial charge >= 0.3 is 6.09 Å². The Balaban J connectivity index is 2.31. The van der Waals surface area contributed by atoms with E-state index < -0.39 is 17.4 Å². The SMILES string of the molecule is CC(C)C[C@@H](NC(=O)OC(C)(C)[Si])C(O)CCCCOCc1ccccc1. The molecular formula is C21H34NO4Si. The topological polar surface area (TPSA) is 67.8 Å². The lowest BCUT2D eigenvalue weighted by atomic mass is 9.96. The van der Waals surface area contributed by atoms with Crippen molar-refractivity contribution in [2.75, 3.05) is 6.61 Å². The van der Waals surface area contributed by atoms with E-state index in [4.69, 9.17) is 9.47 Å². The zero-order valence-corrected chi connectivity index (χ0v) is 18.0. The second kappa shape index (κ2) is 12.2. The number of alkyl carbamates (subject to hydrolysis) is 1. The lowest BCUT2D eigenvalue weighted by Crippen LogP contribution is -2.46. The molecule has 0 aromatic heterocycles. The summed E-state index contributed by atoms with van der Waals surface area (Å²) < 4.78 is 10.9. The summed E-state index contributed by atoms with van der Waals surface area (Å²) in [4.78, 5) is 12.0. The molecular weight excluding hydrogens is 358 g/mol. The molecule has 2 N–H and O–H groups in total. The van der Waals surface area contributed by atoms with E-state index in [0.717, 1.165) is 18.4 Å². The Hall–Kier alpha value is -1.37. The first-order valence-corrected chi connectivity index (χ1v) is 10.2. The molecule has 0 saturated heterocycles. The second-order valence-electron chi connectivity index (χ2n) is 7.88. The highest BCUT2D eigenvalue weighted by Crippen LogP contribution is 2.14. The predicted molar refractivity (Wildman–Crippen MR) is 109 cm³/mol. The van der Waals surface area contributed by atoms with E-state index in [1.807, 2.05) is 30.3 Å². The van der Waals surface area contributed by atoms with Gasteiger partial charge in [-0.15, -0.1) is 0 Å². The van der Waals surface area contributed by atoms with Gasteiger partial charge in [-0.2, -0.15) is 0 Å². The highest BCUT2D eigenvalue weighted by atomic mass is 28.1. The fraction of sp³-hybridized carbons (Fsp3) is 0.667. The minimum Gasteiger partial charge on any atom is -0.448 e. The van der Waals surface area contributed by atoms with Gasteiger partial charge in [0.2, 0.25) is 0 Å². The number of aliphatic hydroxyl groups is 1. The molecule has 1 amide bonds. The molecule has 1 aromatic carbocycles. The van der Waals surface area contributed by atoms with Crippen LogP contribution in [0.1, 0.15) is 58.9 Å². The molecule has 1 rings (SSSR count). The van der Waals surface area contributed by atoms with Crippen LogP contribution >= 0.6 is 0 Å². The van der Waals surface area contributed by atoms with Crippen molar-refractivity contribution in [1.82, 2.24) is 5.32 Å². The maximum absolute atomic E-state index is 12.0. The number of benzene rings is 1. The summed E-state index contributed by atoms with van der Waals surface area (Å²) in [5.41, 5.74) is 1.16. The highest BCUT2D eigenvalue weighted by molar-refractivity contribution is 6.14. The third-order valence-electron chi connectivity index (χ3n) is 3.99. The molecule has 6 heteroatoms. The molecule has 0 spiro atoms. The minimum atomic E-state index is -0.743. The molecule has 0 fully saturated rings. The van der Waals surface area contributed by atoms with Crippen LogP contribution in [0.4, 0.5) is 4.79 Å². The standard InChI is InChI=1S/C21H34NO4Si/c1-16(2)14-18(22-20(24)26-21(3,4)27)19(23)12-8-9-13-25-15-17-10-6-5-7-11-17/h5-7,10-11,16,18-19,23H,8-9,12-15H2,1-4H3,(H,22,24)/t18-,19?/m1/s1. The molecule has 5 nitrogen and oxygen atoms in total. The number of carbonyl (C=O) groups excluding carboxylic acids is 1. The van der Waals surface area contributed by atoms with Crippen LogP contribution < -0.4 is 5.32 Å². The number of unbranched alkanes of at least 4 members (excludes halogenated alkanes) is 1. The fourth-order valence-corrected chi connectivity index (χ4v) is 2.85. The van der Waals surface area contributed by atoms with Crippen molar-refractivity contribution in [2.45, 2.75) is 77.4 Å². The van der Waals surface area contributed by atoms with E-state index in [9.17, 15) is 9.90 Å². The van der Waals surface area contributed by atoms with Gasteiger partial charge in [0.05, 0.1) is 34.2 Å². The van der Waals surface area contributed by atoms with E-state index in [1.54, 1.807) is 13.8 Å². The smallest absolute Gasteiger partial charge is 0.407 e. The van der Waals surface area contributed by atoms with E-state index in [1.165, 1.54) is 0 Å². The van der Waals surface area contributed by atoms with E-state index >= 15 is 0 Å². The van der Waals surface area contributed by atoms with Crippen molar-refractivity contribution in [1.29, 1.82) is 0 Å². The number of aliphatic hydroxyl groups excluding tert-OH is 1. The quantitative estimate of drug-likeness (QED) is 0.420. The van der Waals surface area contributed by atoms with Crippen LogP contribution in [0, 0.1) is 5.92 Å². The number of hydrogen-bond acceptors (Lipinski definition) is 4. The van der Waals surface area contributed by atoms with Gasteiger partial charge < -0.3 is 19.9 Å². The van der Waals surface area contributed by atoms with Gasteiger partial charge in [-0.05, 0) is 51.0 Å². The zero-order chi connectivity index (χ0) is 20.3. The summed E-state index contributed by atoms with van der Waals surface area (Å²) in [5.74, 6) is 0.357. The lowest BCUT2D eigenvalue weighted by Gasteiger charge is -2.28. The number of ether oxygens (including phenoxy) is 2. The molecule has 0 aliphatic carbocycles. The van der Waals surface area contributed by atoms with Gasteiger partial charge in [0.15, 0.2) is 0 Å². The summed E-state index contributed by atoms with van der Waals surface area (Å²) in [7, 11) is 3.33. The van der Waals surface area contributed by atoms with E-state index in [2.05, 4.69) is 29.4 Å². The van der Waals surface area contributed by atoms with Gasteiger partial charge in [-0.25, -0.2) is 4.79 Å². The fourth-order valence-electron chi connectivity index (χ4n) is 2.76. The van der Waals surface area contributed by atoms with Gasteiger partial charge in [-0.3, -0.25) is 0 Å². The van der Waals surface area contributed by atoms with Crippen molar-refractivity contribution in [3.63, 3.8) is 0 Å². The molecule has 151 valence electrons. The van der Waals surface area contributed by atoms with Crippen molar-refractivity contribution in [3.8, 4) is 0 Å². The Labute approximate surface area is 167 Å². The summed E-state index contributed by atoms with van der Waals surface area (Å²) in [6, 6.07) is 9.74. The number of rotatable bonds is 12. The minimum absolute atomic E-state index is 0.322. The first-order valence-electron chi connectivity index (χ1n) is 9.71. The van der Waals surface area contributed by atoms with Gasteiger partial charge in [0.25, 0.3) is 0 Å². The molecule has 27 heavy (non-hydrogen) atoms. The predicted octanol–water partition coefficient (Wildman–Crippen LogP) is 3.78. The second-order valence-corrected chi connectivity index (χ2v) is 9.09. The van der Waals surface area contributed by atoms with E-state index in [0.29, 0.717) is 32.0 Å². The van der Waals surface area contributed by atoms with Gasteiger partial charge in [0.1, 0.15) is 0 Å². The van der Waals surface area contributed by atoms with E-state index in [-0.39, 0.29) is 6.04 Å². The Bertz CT molecular complexity index is 531. The third kappa shape index (κ3) is 11.8. The maximum atomic E-state index is 12.0. The normalized spacial score (nSPS) is 14.0. The monoisotopic (exact) mass is 392 g/mol. The van der Waals surface area contributed by atoms with Gasteiger partial charge in [-0.1, -0.05) is 44.2 Å². The Morgan fingerprint density at radius 2 is 1.89 bits per heavy atom. The molecule has 2 atom stereocenters. The molecule has 3 radical (unpaired) electrons. The van der Waals surface area contributed by atoms with Crippen LogP contribution in [0.5, 0.6) is 0 Å². The third-order valence-corrected chi connectivity index (χ3v) is 4.09. The summed E-state index contributed by atoms with van der Waals surface area (Å²) in [5, 5.41) is 12.6. The summed E-state index contributed by atoms with van der Waals surface area (Å²) >= 11 is 0. The van der Waals surface area contributed by atoms with Crippen molar-refractivity contribution < 1.29 is 19.4 Å². The van der Waals surface area contributed by atoms with Crippen molar-refractivity contribution in [2.24, 2.45) is 5.92 Å². The Kier molecular flexibility index (Phi) is 10.7. The van der Waals surface area contributed by atoms with Crippen LogP contribution in [-0.2, 0) is 16.1 Å². The van der Waals surface area contributed by atoms with Crippen LogP contribution in [0.2, 0.25) is 0 Å². The average Bonchev–Trinajstić information content (AvgIpc) is 2.56. The maximum Gasteiger partial charge on any atom is 0.407 e. The zero-order valence-electron chi connectivity index (χ0n) is 17.0. The van der Waals surface area contributed by atoms with Crippen LogP contribution in [-0.4, -0.2) is 45.4 Å². The first kappa shape index (κ1) is 23.7. The number of hydrogen-bond donors (Lipinski definition) is 2. The largest absolute Gasteiger partial charge is 0.448 e.